The summed E-state index contributed by atoms with van der Waals surface area (Å²) in [6.07, 6.45) is 0. The lowest BCUT2D eigenvalue weighted by Gasteiger charge is -2.32. The third-order valence-electron chi connectivity index (χ3n) is 6.43. The highest BCUT2D eigenvalue weighted by molar-refractivity contribution is 7.92. The average Bonchev–Trinajstić information content (AvgIpc) is 2.92. The molecular weight excluding hydrogens is 569 g/mol. The van der Waals surface area contributed by atoms with Gasteiger partial charge in [0.15, 0.2) is 0 Å². The van der Waals surface area contributed by atoms with Crippen molar-refractivity contribution in [2.24, 2.45) is 5.92 Å². The van der Waals surface area contributed by atoms with Crippen molar-refractivity contribution in [1.82, 2.24) is 10.2 Å². The van der Waals surface area contributed by atoms with Gasteiger partial charge in [-0.1, -0.05) is 73.4 Å². The number of anilines is 1. The van der Waals surface area contributed by atoms with E-state index in [2.05, 4.69) is 5.32 Å². The summed E-state index contributed by atoms with van der Waals surface area (Å²) in [6, 6.07) is 17.5. The summed E-state index contributed by atoms with van der Waals surface area (Å²) in [6.45, 7) is 9.18. The molecule has 3 aromatic rings. The van der Waals surface area contributed by atoms with Crippen molar-refractivity contribution in [3.63, 3.8) is 0 Å². The van der Waals surface area contributed by atoms with E-state index < -0.39 is 28.5 Å². The number of carbonyl (C=O) groups is 2. The van der Waals surface area contributed by atoms with Gasteiger partial charge in [0.25, 0.3) is 10.0 Å². The van der Waals surface area contributed by atoms with Crippen molar-refractivity contribution in [3.05, 3.63) is 93.5 Å². The van der Waals surface area contributed by atoms with Crippen LogP contribution in [0.25, 0.3) is 0 Å². The van der Waals surface area contributed by atoms with Crippen molar-refractivity contribution in [3.8, 4) is 0 Å². The normalized spacial score (nSPS) is 12.2. The smallest absolute Gasteiger partial charge is 0.264 e. The molecule has 1 N–H and O–H groups in total. The number of nitrogens with one attached hydrogen (secondary N) is 1. The van der Waals surface area contributed by atoms with Crippen LogP contribution < -0.4 is 9.62 Å². The number of hydrogen-bond acceptors (Lipinski definition) is 4. The van der Waals surface area contributed by atoms with Crippen LogP contribution in [0.1, 0.15) is 37.5 Å². The minimum atomic E-state index is -4.13. The van der Waals surface area contributed by atoms with Crippen molar-refractivity contribution in [1.29, 1.82) is 0 Å². The lowest BCUT2D eigenvalue weighted by molar-refractivity contribution is -0.139. The van der Waals surface area contributed by atoms with Gasteiger partial charge < -0.3 is 10.2 Å². The van der Waals surface area contributed by atoms with Gasteiger partial charge in [0.1, 0.15) is 12.6 Å². The van der Waals surface area contributed by atoms with Gasteiger partial charge in [0.2, 0.25) is 11.8 Å². The fourth-order valence-electron chi connectivity index (χ4n) is 4.09. The molecule has 0 bridgehead atoms. The van der Waals surface area contributed by atoms with E-state index in [0.29, 0.717) is 33.4 Å². The van der Waals surface area contributed by atoms with Crippen LogP contribution in [0, 0.1) is 19.8 Å². The maximum Gasteiger partial charge on any atom is 0.264 e. The second-order valence-corrected chi connectivity index (χ2v) is 12.9. The summed E-state index contributed by atoms with van der Waals surface area (Å²) >= 11 is 12.3. The predicted octanol–water partition coefficient (Wildman–Crippen LogP) is 6.00. The Morgan fingerprint density at radius 2 is 1.57 bits per heavy atom. The van der Waals surface area contributed by atoms with E-state index >= 15 is 0 Å². The van der Waals surface area contributed by atoms with Gasteiger partial charge in [-0.15, -0.1) is 0 Å². The molecule has 40 heavy (non-hydrogen) atoms. The van der Waals surface area contributed by atoms with Crippen LogP contribution in [0.15, 0.2) is 71.6 Å². The first-order chi connectivity index (χ1) is 18.8. The van der Waals surface area contributed by atoms with Crippen molar-refractivity contribution < 1.29 is 18.0 Å². The molecule has 0 aliphatic heterocycles. The molecule has 0 saturated heterocycles. The summed E-state index contributed by atoms with van der Waals surface area (Å²) in [5, 5.41) is 3.54. The maximum absolute atomic E-state index is 14.0. The molecule has 0 aliphatic rings. The second kappa shape index (κ2) is 13.5. The molecule has 0 aromatic heterocycles. The monoisotopic (exact) mass is 603 g/mol. The van der Waals surface area contributed by atoms with Gasteiger partial charge in [-0.2, -0.15) is 0 Å². The van der Waals surface area contributed by atoms with Gasteiger partial charge in [0, 0.05) is 13.1 Å². The Balaban J connectivity index is 2.06. The van der Waals surface area contributed by atoms with Crippen molar-refractivity contribution >= 4 is 50.7 Å². The molecule has 10 heteroatoms. The van der Waals surface area contributed by atoms with Gasteiger partial charge >= 0.3 is 0 Å². The summed E-state index contributed by atoms with van der Waals surface area (Å²) in [7, 11) is -4.13. The minimum absolute atomic E-state index is 0.0258. The number of rotatable bonds is 11. The summed E-state index contributed by atoms with van der Waals surface area (Å²) in [4.78, 5) is 28.5. The topological polar surface area (TPSA) is 86.8 Å². The van der Waals surface area contributed by atoms with E-state index in [-0.39, 0.29) is 23.3 Å². The molecule has 7 nitrogen and oxygen atoms in total. The third-order valence-corrected chi connectivity index (χ3v) is 8.95. The van der Waals surface area contributed by atoms with Gasteiger partial charge in [-0.25, -0.2) is 8.42 Å². The number of halogens is 2. The quantitative estimate of drug-likeness (QED) is 0.291. The molecule has 214 valence electrons. The average molecular weight is 605 g/mol. The zero-order chi connectivity index (χ0) is 29.6. The Kier molecular flexibility index (Phi) is 10.6. The lowest BCUT2D eigenvalue weighted by Crippen LogP contribution is -2.51. The highest BCUT2D eigenvalue weighted by atomic mass is 35.5. The zero-order valence-electron chi connectivity index (χ0n) is 23.3. The number of nitrogens with zero attached hydrogens (tertiary/aromatic N) is 2. The first-order valence-corrected chi connectivity index (χ1v) is 15.2. The van der Waals surface area contributed by atoms with Crippen LogP contribution in [0.2, 0.25) is 10.0 Å². The number of amides is 2. The highest BCUT2D eigenvalue weighted by Crippen LogP contribution is 2.29. The molecule has 2 amide bonds. The largest absolute Gasteiger partial charge is 0.354 e. The minimum Gasteiger partial charge on any atom is -0.354 e. The fraction of sp³-hybridized carbons (Fsp3) is 0.333. The molecule has 0 radical (unpaired) electrons. The lowest BCUT2D eigenvalue weighted by atomic mass is 10.1. The molecule has 3 rings (SSSR count). The summed E-state index contributed by atoms with van der Waals surface area (Å²) < 4.78 is 29.0. The van der Waals surface area contributed by atoms with Crippen LogP contribution in [0.3, 0.4) is 0 Å². The van der Waals surface area contributed by atoms with Crippen molar-refractivity contribution in [2.45, 2.75) is 52.1 Å². The molecule has 0 heterocycles. The predicted molar refractivity (Wildman–Crippen MR) is 161 cm³/mol. The number of sulfonamides is 1. The number of aryl methyl sites for hydroxylation is 2. The van der Waals surface area contributed by atoms with Crippen LogP contribution in [-0.4, -0.2) is 44.3 Å². The van der Waals surface area contributed by atoms with Gasteiger partial charge in [-0.3, -0.25) is 13.9 Å². The van der Waals surface area contributed by atoms with Crippen LogP contribution in [-0.2, 0) is 26.2 Å². The fourth-order valence-corrected chi connectivity index (χ4v) is 5.90. The second-order valence-electron chi connectivity index (χ2n) is 10.2. The SMILES string of the molecule is Cc1ccc(C)c(N(CC(=O)N(Cc2ccc(Cl)c(Cl)c2)[C@H](C)C(=O)NCC(C)C)S(=O)(=O)c2ccccc2)c1. The molecule has 0 aliphatic carbocycles. The highest BCUT2D eigenvalue weighted by Gasteiger charge is 2.33. The first-order valence-electron chi connectivity index (χ1n) is 13.0. The number of carbonyl (C=O) groups excluding carboxylic acids is 2. The molecule has 3 aromatic carbocycles. The Morgan fingerprint density at radius 1 is 0.900 bits per heavy atom. The number of hydrogen-bond donors (Lipinski definition) is 1. The molecule has 0 unspecified atom stereocenters. The van der Waals surface area contributed by atoms with Crippen LogP contribution in [0.4, 0.5) is 5.69 Å². The Labute approximate surface area is 247 Å². The maximum atomic E-state index is 14.0. The Morgan fingerprint density at radius 3 is 2.20 bits per heavy atom. The van der Waals surface area contributed by atoms with Crippen LogP contribution >= 0.6 is 23.2 Å². The molecule has 0 fully saturated rings. The first kappa shape index (κ1) is 31.5. The van der Waals surface area contributed by atoms with E-state index in [1.165, 1.54) is 17.0 Å². The molecular formula is C30H35Cl2N3O4S. The third kappa shape index (κ3) is 7.77. The van der Waals surface area contributed by atoms with E-state index in [9.17, 15) is 18.0 Å². The van der Waals surface area contributed by atoms with Gasteiger partial charge in [0.05, 0.1) is 20.6 Å². The number of benzene rings is 3. The Hall–Kier alpha value is -3.07. The standard InChI is InChI=1S/C30H35Cl2N3O4S/c1-20(2)17-33-30(37)23(5)34(18-24-13-14-26(31)27(32)16-24)29(36)19-35(28-15-21(3)11-12-22(28)4)40(38,39)25-9-7-6-8-10-25/h6-16,20,23H,17-19H2,1-5H3,(H,33,37)/t23-/m1/s1. The van der Waals surface area contributed by atoms with Gasteiger partial charge in [-0.05, 0) is 73.7 Å². The summed E-state index contributed by atoms with van der Waals surface area (Å²) in [5.41, 5.74) is 2.58. The van der Waals surface area contributed by atoms with E-state index in [4.69, 9.17) is 23.2 Å². The van der Waals surface area contributed by atoms with Crippen molar-refractivity contribution in [2.75, 3.05) is 17.4 Å². The van der Waals surface area contributed by atoms with E-state index in [1.807, 2.05) is 32.9 Å². The van der Waals surface area contributed by atoms with Crippen LogP contribution in [0.5, 0.6) is 0 Å². The molecule has 1 atom stereocenters. The zero-order valence-corrected chi connectivity index (χ0v) is 25.6. The Bertz CT molecular complexity index is 1460. The van der Waals surface area contributed by atoms with E-state index in [1.54, 1.807) is 56.3 Å². The van der Waals surface area contributed by atoms with E-state index in [0.717, 1.165) is 9.87 Å². The summed E-state index contributed by atoms with van der Waals surface area (Å²) in [5.74, 6) is -0.670. The molecule has 0 saturated carbocycles. The molecule has 0 spiro atoms.